The van der Waals surface area contributed by atoms with Crippen molar-refractivity contribution in [2.24, 2.45) is 5.73 Å². The summed E-state index contributed by atoms with van der Waals surface area (Å²) in [6.07, 6.45) is 1.97. The van der Waals surface area contributed by atoms with E-state index in [1.165, 1.54) is 10.4 Å². The smallest absolute Gasteiger partial charge is 0.0897 e. The van der Waals surface area contributed by atoms with Crippen molar-refractivity contribution in [3.05, 3.63) is 52.0 Å². The second-order valence-corrected chi connectivity index (χ2v) is 5.65. The van der Waals surface area contributed by atoms with E-state index in [2.05, 4.69) is 34.1 Å². The summed E-state index contributed by atoms with van der Waals surface area (Å²) in [6, 6.07) is 10.5. The number of aryl methyl sites for hydroxylation is 1. The third-order valence-electron chi connectivity index (χ3n) is 2.74. The molecule has 1 aromatic heterocycles. The van der Waals surface area contributed by atoms with Crippen molar-refractivity contribution in [2.75, 3.05) is 13.1 Å². The van der Waals surface area contributed by atoms with Crippen molar-refractivity contribution in [1.82, 2.24) is 9.88 Å². The van der Waals surface area contributed by atoms with Crippen LogP contribution in [0.4, 0.5) is 0 Å². The molecule has 0 amide bonds. The molecule has 0 radical (unpaired) electrons. The number of rotatable bonds is 6. The standard InChI is InChI=1S/C14H19N3S.ClH/c1-12-16-9-14(18-12)11-17(8-7-15)10-13-5-3-2-4-6-13;/h2-6,9H,7-8,10-11,15H2,1H3;1H. The fourth-order valence-corrected chi connectivity index (χ4v) is 2.77. The molecule has 2 rings (SSSR count). The minimum absolute atomic E-state index is 0. The Bertz CT molecular complexity index is 473. The van der Waals surface area contributed by atoms with Gasteiger partial charge in [0.15, 0.2) is 0 Å². The Balaban J connectivity index is 0.00000180. The van der Waals surface area contributed by atoms with Crippen LogP contribution in [0.25, 0.3) is 0 Å². The van der Waals surface area contributed by atoms with Crippen LogP contribution < -0.4 is 5.73 Å². The van der Waals surface area contributed by atoms with Crippen LogP contribution in [0.5, 0.6) is 0 Å². The molecule has 3 nitrogen and oxygen atoms in total. The topological polar surface area (TPSA) is 42.2 Å². The van der Waals surface area contributed by atoms with Gasteiger partial charge in [-0.2, -0.15) is 0 Å². The highest BCUT2D eigenvalue weighted by Crippen LogP contribution is 2.15. The first-order valence-electron chi connectivity index (χ1n) is 6.15. The number of hydrogen-bond acceptors (Lipinski definition) is 4. The van der Waals surface area contributed by atoms with E-state index in [1.54, 1.807) is 11.3 Å². The van der Waals surface area contributed by atoms with E-state index in [0.29, 0.717) is 6.54 Å². The number of halogens is 1. The van der Waals surface area contributed by atoms with Crippen LogP contribution in [0.3, 0.4) is 0 Å². The van der Waals surface area contributed by atoms with Crippen molar-refractivity contribution in [1.29, 1.82) is 0 Å². The molecule has 104 valence electrons. The third kappa shape index (κ3) is 5.28. The Labute approximate surface area is 124 Å². The lowest BCUT2D eigenvalue weighted by molar-refractivity contribution is 0.266. The molecule has 0 fully saturated rings. The molecular formula is C14H20ClN3S. The van der Waals surface area contributed by atoms with Gasteiger partial charge in [0.1, 0.15) is 0 Å². The monoisotopic (exact) mass is 297 g/mol. The molecule has 0 atom stereocenters. The Morgan fingerprint density at radius 1 is 1.21 bits per heavy atom. The van der Waals surface area contributed by atoms with Crippen LogP contribution >= 0.6 is 23.7 Å². The first-order chi connectivity index (χ1) is 8.78. The van der Waals surface area contributed by atoms with Gasteiger partial charge in [-0.05, 0) is 12.5 Å². The third-order valence-corrected chi connectivity index (χ3v) is 3.64. The normalized spacial score (nSPS) is 10.5. The van der Waals surface area contributed by atoms with E-state index in [9.17, 15) is 0 Å². The van der Waals surface area contributed by atoms with Gasteiger partial charge in [-0.3, -0.25) is 4.90 Å². The van der Waals surface area contributed by atoms with Gasteiger partial charge in [0.05, 0.1) is 5.01 Å². The van der Waals surface area contributed by atoms with Gasteiger partial charge in [0.25, 0.3) is 0 Å². The van der Waals surface area contributed by atoms with E-state index in [4.69, 9.17) is 5.73 Å². The lowest BCUT2D eigenvalue weighted by Gasteiger charge is -2.20. The summed E-state index contributed by atoms with van der Waals surface area (Å²) in [5, 5.41) is 1.12. The van der Waals surface area contributed by atoms with Crippen LogP contribution in [0.1, 0.15) is 15.4 Å². The number of nitrogens with zero attached hydrogens (tertiary/aromatic N) is 2. The molecule has 0 aliphatic carbocycles. The molecule has 2 aromatic rings. The van der Waals surface area contributed by atoms with Crippen LogP contribution in [-0.4, -0.2) is 23.0 Å². The number of nitrogens with two attached hydrogens (primary N) is 1. The predicted molar refractivity (Wildman–Crippen MR) is 83.7 cm³/mol. The van der Waals surface area contributed by atoms with Gasteiger partial charge in [-0.1, -0.05) is 30.3 Å². The summed E-state index contributed by atoms with van der Waals surface area (Å²) in [5.41, 5.74) is 7.01. The number of thiazole rings is 1. The Hall–Kier alpha value is -0.940. The molecule has 2 N–H and O–H groups in total. The average Bonchev–Trinajstić information content (AvgIpc) is 2.76. The highest BCUT2D eigenvalue weighted by atomic mass is 35.5. The molecule has 5 heteroatoms. The quantitative estimate of drug-likeness (QED) is 0.891. The van der Waals surface area contributed by atoms with E-state index in [-0.39, 0.29) is 12.4 Å². The molecule has 0 spiro atoms. The second kappa shape index (κ2) is 8.27. The summed E-state index contributed by atoms with van der Waals surface area (Å²) >= 11 is 1.76. The molecule has 0 bridgehead atoms. The summed E-state index contributed by atoms with van der Waals surface area (Å²) in [5.74, 6) is 0. The maximum atomic E-state index is 5.69. The van der Waals surface area contributed by atoms with Gasteiger partial charge >= 0.3 is 0 Å². The Morgan fingerprint density at radius 2 is 1.95 bits per heavy atom. The largest absolute Gasteiger partial charge is 0.329 e. The Kier molecular flexibility index (Phi) is 7.02. The first-order valence-corrected chi connectivity index (χ1v) is 6.97. The summed E-state index contributed by atoms with van der Waals surface area (Å²) in [6.45, 7) is 5.50. The summed E-state index contributed by atoms with van der Waals surface area (Å²) in [7, 11) is 0. The van der Waals surface area contributed by atoms with E-state index < -0.39 is 0 Å². The molecule has 1 aromatic carbocycles. The zero-order chi connectivity index (χ0) is 12.8. The molecule has 0 unspecified atom stereocenters. The van der Waals surface area contributed by atoms with E-state index in [0.717, 1.165) is 24.6 Å². The van der Waals surface area contributed by atoms with E-state index in [1.807, 2.05) is 19.2 Å². The van der Waals surface area contributed by atoms with Gasteiger partial charge in [-0.25, -0.2) is 4.98 Å². The van der Waals surface area contributed by atoms with Gasteiger partial charge in [0, 0.05) is 37.3 Å². The van der Waals surface area contributed by atoms with Crippen LogP contribution in [0.15, 0.2) is 36.5 Å². The molecular weight excluding hydrogens is 278 g/mol. The number of hydrogen-bond donors (Lipinski definition) is 1. The molecule has 0 saturated heterocycles. The fraction of sp³-hybridized carbons (Fsp3) is 0.357. The van der Waals surface area contributed by atoms with Crippen molar-refractivity contribution >= 4 is 23.7 Å². The zero-order valence-electron chi connectivity index (χ0n) is 11.1. The molecule has 0 aliphatic heterocycles. The molecule has 0 aliphatic rings. The highest BCUT2D eigenvalue weighted by Gasteiger charge is 2.08. The van der Waals surface area contributed by atoms with Gasteiger partial charge < -0.3 is 5.73 Å². The zero-order valence-corrected chi connectivity index (χ0v) is 12.7. The highest BCUT2D eigenvalue weighted by molar-refractivity contribution is 7.11. The summed E-state index contributed by atoms with van der Waals surface area (Å²) < 4.78 is 0. The average molecular weight is 298 g/mol. The van der Waals surface area contributed by atoms with Crippen molar-refractivity contribution in [2.45, 2.75) is 20.0 Å². The van der Waals surface area contributed by atoms with Crippen LogP contribution in [0, 0.1) is 6.92 Å². The van der Waals surface area contributed by atoms with Crippen molar-refractivity contribution in [3.8, 4) is 0 Å². The minimum atomic E-state index is 0. The van der Waals surface area contributed by atoms with E-state index >= 15 is 0 Å². The van der Waals surface area contributed by atoms with Gasteiger partial charge in [-0.15, -0.1) is 23.7 Å². The minimum Gasteiger partial charge on any atom is -0.329 e. The summed E-state index contributed by atoms with van der Waals surface area (Å²) in [4.78, 5) is 7.96. The lowest BCUT2D eigenvalue weighted by Crippen LogP contribution is -2.28. The SMILES string of the molecule is Cc1ncc(CN(CCN)Cc2ccccc2)s1.Cl. The number of benzene rings is 1. The maximum absolute atomic E-state index is 5.69. The van der Waals surface area contributed by atoms with Crippen molar-refractivity contribution < 1.29 is 0 Å². The molecule has 1 heterocycles. The fourth-order valence-electron chi connectivity index (χ4n) is 1.94. The lowest BCUT2D eigenvalue weighted by atomic mass is 10.2. The van der Waals surface area contributed by atoms with Crippen molar-refractivity contribution in [3.63, 3.8) is 0 Å². The second-order valence-electron chi connectivity index (χ2n) is 4.33. The van der Waals surface area contributed by atoms with Crippen LogP contribution in [-0.2, 0) is 13.1 Å². The first kappa shape index (κ1) is 16.1. The van der Waals surface area contributed by atoms with Crippen LogP contribution in [0.2, 0.25) is 0 Å². The predicted octanol–water partition coefficient (Wildman–Crippen LogP) is 2.83. The van der Waals surface area contributed by atoms with Gasteiger partial charge in [0.2, 0.25) is 0 Å². The number of aromatic nitrogens is 1. The molecule has 0 saturated carbocycles. The maximum Gasteiger partial charge on any atom is 0.0897 e. The Morgan fingerprint density at radius 3 is 2.53 bits per heavy atom. The molecule has 19 heavy (non-hydrogen) atoms.